The Morgan fingerprint density at radius 3 is 2.67 bits per heavy atom. The molecule has 7 nitrogen and oxygen atoms in total. The van der Waals surface area contributed by atoms with Crippen LogP contribution in [-0.4, -0.2) is 57.5 Å². The van der Waals surface area contributed by atoms with Crippen LogP contribution in [0.2, 0.25) is 0 Å². The molecule has 0 unspecified atom stereocenters. The average molecular weight is 621 g/mol. The van der Waals surface area contributed by atoms with Crippen LogP contribution in [0.5, 0.6) is 0 Å². The summed E-state index contributed by atoms with van der Waals surface area (Å²) >= 11 is 2.16. The zero-order valence-corrected chi connectivity index (χ0v) is 25.2. The Labute approximate surface area is 257 Å². The van der Waals surface area contributed by atoms with Gasteiger partial charge in [-0.05, 0) is 87.0 Å². The van der Waals surface area contributed by atoms with E-state index >= 15 is 0 Å². The van der Waals surface area contributed by atoms with E-state index in [1.165, 1.54) is 36.0 Å². The van der Waals surface area contributed by atoms with Crippen LogP contribution in [0.4, 0.5) is 8.78 Å². The number of hydrogen-bond acceptors (Lipinski definition) is 7. The first-order valence-corrected chi connectivity index (χ1v) is 15.8. The maximum Gasteiger partial charge on any atom is 0.355 e. The van der Waals surface area contributed by atoms with Gasteiger partial charge in [0.2, 0.25) is 5.13 Å². The number of rotatable bonds is 10. The SMILES string of the molecule is COSc1ccc(Cc2c(-c3ccc(F)c(C#CCN4CCCC4)c3)nn(-c3nc(C(=O)O)cs3)c2CC2CC2)cc1F. The number of thiazole rings is 1. The number of hydrogen-bond donors (Lipinski definition) is 1. The number of benzene rings is 2. The fraction of sp³-hybridized carbons (Fsp3) is 0.344. The quantitative estimate of drug-likeness (QED) is 0.158. The lowest BCUT2D eigenvalue weighted by Crippen LogP contribution is -2.18. The van der Waals surface area contributed by atoms with Crippen LogP contribution in [0.1, 0.15) is 58.6 Å². The van der Waals surface area contributed by atoms with Gasteiger partial charge in [0.15, 0.2) is 5.69 Å². The maximum absolute atomic E-state index is 14.9. The van der Waals surface area contributed by atoms with Crippen LogP contribution >= 0.6 is 23.4 Å². The standard InChI is InChI=1S/C32H30F2N4O3S2/c1-41-43-29-11-8-21(16-26(29)34)15-24-28(17-20-6-7-20)38(32-35-27(19-42-32)31(39)40)36-30(24)23-9-10-25(33)22(18-23)5-4-14-37-12-2-3-13-37/h8-11,16,18-20H,2-3,6-7,12-15,17H2,1H3,(H,39,40). The van der Waals surface area contributed by atoms with E-state index < -0.39 is 11.8 Å². The van der Waals surface area contributed by atoms with Crippen LogP contribution < -0.4 is 0 Å². The molecule has 1 saturated heterocycles. The largest absolute Gasteiger partial charge is 0.476 e. The third-order valence-electron chi connectivity index (χ3n) is 7.68. The maximum atomic E-state index is 14.9. The molecule has 4 aromatic rings. The molecular formula is C32H30F2N4O3S2. The van der Waals surface area contributed by atoms with Crippen molar-refractivity contribution in [2.45, 2.75) is 43.4 Å². The number of carboxylic acids is 1. The lowest BCUT2D eigenvalue weighted by atomic mass is 9.96. The number of halogens is 2. The molecule has 43 heavy (non-hydrogen) atoms. The van der Waals surface area contributed by atoms with Gasteiger partial charge in [-0.2, -0.15) is 5.10 Å². The Hall–Kier alpha value is -3.56. The van der Waals surface area contributed by atoms with E-state index in [0.717, 1.165) is 67.6 Å². The number of carboxylic acid groups (broad SMARTS) is 1. The first-order valence-electron chi connectivity index (χ1n) is 14.2. The fourth-order valence-electron chi connectivity index (χ4n) is 5.30. The molecule has 0 amide bonds. The van der Waals surface area contributed by atoms with Crippen LogP contribution in [0.15, 0.2) is 46.7 Å². The van der Waals surface area contributed by atoms with Crippen LogP contribution in [0.3, 0.4) is 0 Å². The van der Waals surface area contributed by atoms with E-state index in [4.69, 9.17) is 9.28 Å². The van der Waals surface area contributed by atoms with Crippen molar-refractivity contribution in [3.8, 4) is 28.2 Å². The Kier molecular flexibility index (Phi) is 8.90. The third-order valence-corrected chi connectivity index (χ3v) is 9.17. The van der Waals surface area contributed by atoms with Gasteiger partial charge in [0.25, 0.3) is 0 Å². The van der Waals surface area contributed by atoms with Crippen molar-refractivity contribution in [2.75, 3.05) is 26.7 Å². The second kappa shape index (κ2) is 13.0. The zero-order valence-electron chi connectivity index (χ0n) is 23.6. The molecule has 1 saturated carbocycles. The molecule has 3 heterocycles. The highest BCUT2D eigenvalue weighted by atomic mass is 32.2. The van der Waals surface area contributed by atoms with E-state index in [9.17, 15) is 18.7 Å². The van der Waals surface area contributed by atoms with E-state index in [1.807, 2.05) is 6.07 Å². The highest BCUT2D eigenvalue weighted by molar-refractivity contribution is 7.94. The Morgan fingerprint density at radius 1 is 1.16 bits per heavy atom. The minimum Gasteiger partial charge on any atom is -0.476 e. The summed E-state index contributed by atoms with van der Waals surface area (Å²) in [4.78, 5) is 18.6. The number of carbonyl (C=O) groups is 1. The minimum absolute atomic E-state index is 0.0541. The molecule has 11 heteroatoms. The van der Waals surface area contributed by atoms with Gasteiger partial charge in [-0.25, -0.2) is 23.2 Å². The second-order valence-electron chi connectivity index (χ2n) is 10.8. The molecule has 1 aliphatic carbocycles. The van der Waals surface area contributed by atoms with Gasteiger partial charge in [-0.15, -0.1) is 11.3 Å². The molecule has 0 bridgehead atoms. The molecule has 1 aliphatic heterocycles. The van der Waals surface area contributed by atoms with E-state index in [2.05, 4.69) is 21.7 Å². The van der Waals surface area contributed by atoms with Gasteiger partial charge >= 0.3 is 5.97 Å². The fourth-order valence-corrected chi connectivity index (χ4v) is 6.51. The molecule has 2 fully saturated rings. The molecule has 0 spiro atoms. The summed E-state index contributed by atoms with van der Waals surface area (Å²) in [7, 11) is 1.49. The molecule has 2 aromatic heterocycles. The molecule has 6 rings (SSSR count). The van der Waals surface area contributed by atoms with Crippen molar-refractivity contribution in [3.63, 3.8) is 0 Å². The van der Waals surface area contributed by atoms with Crippen LogP contribution in [0.25, 0.3) is 16.4 Å². The highest BCUT2D eigenvalue weighted by Gasteiger charge is 2.29. The topological polar surface area (TPSA) is 80.5 Å². The summed E-state index contributed by atoms with van der Waals surface area (Å²) in [5.41, 5.74) is 4.03. The van der Waals surface area contributed by atoms with E-state index in [1.54, 1.807) is 22.9 Å². The predicted octanol–water partition coefficient (Wildman–Crippen LogP) is 6.62. The number of aromatic nitrogens is 3. The molecule has 222 valence electrons. The minimum atomic E-state index is -1.11. The zero-order chi connectivity index (χ0) is 29.9. The molecule has 0 atom stereocenters. The highest BCUT2D eigenvalue weighted by Crippen LogP contribution is 2.38. The summed E-state index contributed by atoms with van der Waals surface area (Å²) in [6, 6.07) is 9.85. The predicted molar refractivity (Wildman–Crippen MR) is 163 cm³/mol. The third kappa shape index (κ3) is 6.83. The number of nitrogens with zero attached hydrogens (tertiary/aromatic N) is 4. The molecule has 1 N–H and O–H groups in total. The van der Waals surface area contributed by atoms with Crippen molar-refractivity contribution >= 4 is 29.3 Å². The average Bonchev–Trinajstić information content (AvgIpc) is 3.34. The summed E-state index contributed by atoms with van der Waals surface area (Å²) in [5.74, 6) is 4.71. The van der Waals surface area contributed by atoms with E-state index in [0.29, 0.717) is 46.6 Å². The van der Waals surface area contributed by atoms with Crippen molar-refractivity contribution in [1.29, 1.82) is 0 Å². The summed E-state index contributed by atoms with van der Waals surface area (Å²) in [6.07, 6.45) is 5.58. The molecule has 2 aromatic carbocycles. The van der Waals surface area contributed by atoms with Gasteiger partial charge in [0, 0.05) is 35.0 Å². The second-order valence-corrected chi connectivity index (χ2v) is 12.6. The van der Waals surface area contributed by atoms with Gasteiger partial charge in [0.1, 0.15) is 11.6 Å². The molecular weight excluding hydrogens is 591 g/mol. The van der Waals surface area contributed by atoms with Gasteiger partial charge < -0.3 is 9.29 Å². The number of aromatic carboxylic acids is 1. The van der Waals surface area contributed by atoms with Gasteiger partial charge in [0.05, 0.1) is 35.5 Å². The first-order chi connectivity index (χ1) is 20.9. The Balaban J connectivity index is 1.45. The normalized spacial score (nSPS) is 15.0. The van der Waals surface area contributed by atoms with Crippen molar-refractivity contribution in [2.24, 2.45) is 5.92 Å². The molecule has 2 aliphatic rings. The van der Waals surface area contributed by atoms with Crippen molar-refractivity contribution in [3.05, 3.63) is 81.5 Å². The summed E-state index contributed by atoms with van der Waals surface area (Å²) in [5, 5.41) is 16.4. The van der Waals surface area contributed by atoms with E-state index in [-0.39, 0.29) is 17.1 Å². The smallest absolute Gasteiger partial charge is 0.355 e. The lowest BCUT2D eigenvalue weighted by molar-refractivity contribution is 0.0691. The van der Waals surface area contributed by atoms with Crippen molar-refractivity contribution in [1.82, 2.24) is 19.7 Å². The monoisotopic (exact) mass is 620 g/mol. The molecule has 0 radical (unpaired) electrons. The first kappa shape index (κ1) is 29.5. The van der Waals surface area contributed by atoms with Crippen LogP contribution in [0, 0.1) is 29.4 Å². The van der Waals surface area contributed by atoms with Gasteiger partial charge in [-0.3, -0.25) is 4.90 Å². The number of likely N-dealkylation sites (tertiary alicyclic amines) is 1. The van der Waals surface area contributed by atoms with Gasteiger partial charge in [-0.1, -0.05) is 17.9 Å². The Bertz CT molecular complexity index is 1720. The summed E-state index contributed by atoms with van der Waals surface area (Å²) < 4.78 is 36.6. The van der Waals surface area contributed by atoms with Crippen molar-refractivity contribution < 1.29 is 22.9 Å². The lowest BCUT2D eigenvalue weighted by Gasteiger charge is -2.10. The van der Waals surface area contributed by atoms with Crippen LogP contribution in [-0.2, 0) is 17.0 Å². The summed E-state index contributed by atoms with van der Waals surface area (Å²) in [6.45, 7) is 2.61. The Morgan fingerprint density at radius 2 is 1.98 bits per heavy atom.